The zero-order valence-electron chi connectivity index (χ0n) is 11.3. The molecule has 6 nitrogen and oxygen atoms in total. The zero-order valence-corrected chi connectivity index (χ0v) is 13.6. The van der Waals surface area contributed by atoms with E-state index in [-0.39, 0.29) is 5.91 Å². The van der Waals surface area contributed by atoms with Gasteiger partial charge in [0.1, 0.15) is 17.9 Å². The summed E-state index contributed by atoms with van der Waals surface area (Å²) >= 11 is 9.20. The smallest absolute Gasteiger partial charge is 0.260 e. The predicted octanol–water partition coefficient (Wildman–Crippen LogP) is 2.35. The van der Waals surface area contributed by atoms with Gasteiger partial charge in [-0.15, -0.1) is 0 Å². The standard InChI is InChI=1S/C13H14BrClN4O2/c1-8(21-11-3-2-9(15)6-10(11)14)13(20)16-5-4-12-17-7-18-19-12/h2-3,6-8H,4-5H2,1H3,(H,16,20)(H,17,18,19). The van der Waals surface area contributed by atoms with Gasteiger partial charge in [-0.05, 0) is 41.1 Å². The molecule has 0 aliphatic heterocycles. The molecule has 0 saturated heterocycles. The Labute approximate surface area is 135 Å². The van der Waals surface area contributed by atoms with Gasteiger partial charge >= 0.3 is 0 Å². The SMILES string of the molecule is CC(Oc1ccc(Cl)cc1Br)C(=O)NCCc1ncn[nH]1. The van der Waals surface area contributed by atoms with Crippen molar-refractivity contribution in [3.05, 3.63) is 39.8 Å². The lowest BCUT2D eigenvalue weighted by Gasteiger charge is -2.15. The van der Waals surface area contributed by atoms with E-state index in [4.69, 9.17) is 16.3 Å². The molecule has 0 radical (unpaired) electrons. The van der Waals surface area contributed by atoms with E-state index < -0.39 is 6.10 Å². The number of nitrogens with zero attached hydrogens (tertiary/aromatic N) is 2. The first-order chi connectivity index (χ1) is 10.1. The third-order valence-corrected chi connectivity index (χ3v) is 3.55. The maximum absolute atomic E-state index is 11.9. The lowest BCUT2D eigenvalue weighted by Crippen LogP contribution is -2.37. The molecular formula is C13H14BrClN4O2. The molecule has 1 aromatic heterocycles. The van der Waals surface area contributed by atoms with Gasteiger partial charge in [-0.1, -0.05) is 11.6 Å². The highest BCUT2D eigenvalue weighted by atomic mass is 79.9. The number of amides is 1. The number of H-pyrrole nitrogens is 1. The molecule has 0 fully saturated rings. The Balaban J connectivity index is 1.81. The fraction of sp³-hybridized carbons (Fsp3) is 0.308. The monoisotopic (exact) mass is 372 g/mol. The lowest BCUT2D eigenvalue weighted by molar-refractivity contribution is -0.127. The van der Waals surface area contributed by atoms with Crippen LogP contribution >= 0.6 is 27.5 Å². The molecule has 0 aliphatic rings. The van der Waals surface area contributed by atoms with Crippen LogP contribution in [0.5, 0.6) is 5.75 Å². The fourth-order valence-corrected chi connectivity index (χ4v) is 2.39. The van der Waals surface area contributed by atoms with Crippen molar-refractivity contribution in [2.45, 2.75) is 19.4 Å². The van der Waals surface area contributed by atoms with Crippen LogP contribution in [0.25, 0.3) is 0 Å². The number of hydrogen-bond acceptors (Lipinski definition) is 4. The normalized spacial score (nSPS) is 12.0. The van der Waals surface area contributed by atoms with Gasteiger partial charge in [0.25, 0.3) is 5.91 Å². The van der Waals surface area contributed by atoms with Crippen LogP contribution in [0.1, 0.15) is 12.7 Å². The van der Waals surface area contributed by atoms with E-state index in [1.54, 1.807) is 25.1 Å². The summed E-state index contributed by atoms with van der Waals surface area (Å²) in [5.41, 5.74) is 0. The van der Waals surface area contributed by atoms with Crippen molar-refractivity contribution in [1.29, 1.82) is 0 Å². The predicted molar refractivity (Wildman–Crippen MR) is 82.3 cm³/mol. The Morgan fingerprint density at radius 3 is 3.05 bits per heavy atom. The van der Waals surface area contributed by atoms with Crippen LogP contribution < -0.4 is 10.1 Å². The molecular weight excluding hydrogens is 360 g/mol. The topological polar surface area (TPSA) is 79.9 Å². The van der Waals surface area contributed by atoms with Crippen LogP contribution in [0.3, 0.4) is 0 Å². The molecule has 1 atom stereocenters. The zero-order chi connectivity index (χ0) is 15.2. The summed E-state index contributed by atoms with van der Waals surface area (Å²) < 4.78 is 6.30. The van der Waals surface area contributed by atoms with Crippen molar-refractivity contribution in [2.24, 2.45) is 0 Å². The molecule has 0 aliphatic carbocycles. The largest absolute Gasteiger partial charge is 0.480 e. The van der Waals surface area contributed by atoms with Crippen molar-refractivity contribution >= 4 is 33.4 Å². The quantitative estimate of drug-likeness (QED) is 0.814. The average molecular weight is 374 g/mol. The highest BCUT2D eigenvalue weighted by molar-refractivity contribution is 9.10. The van der Waals surface area contributed by atoms with E-state index in [9.17, 15) is 4.79 Å². The van der Waals surface area contributed by atoms with Crippen molar-refractivity contribution in [3.8, 4) is 5.75 Å². The number of carbonyl (C=O) groups is 1. The Kier molecular flexibility index (Phi) is 5.58. The number of nitrogens with one attached hydrogen (secondary N) is 2. The van der Waals surface area contributed by atoms with E-state index in [0.717, 1.165) is 5.82 Å². The number of rotatable bonds is 6. The minimum Gasteiger partial charge on any atom is -0.480 e. The number of hydrogen-bond donors (Lipinski definition) is 2. The van der Waals surface area contributed by atoms with Gasteiger partial charge in [0.15, 0.2) is 6.10 Å². The van der Waals surface area contributed by atoms with Gasteiger partial charge in [0.2, 0.25) is 0 Å². The fourth-order valence-electron chi connectivity index (χ4n) is 1.61. The number of halogens is 2. The summed E-state index contributed by atoms with van der Waals surface area (Å²) in [6.45, 7) is 2.15. The minimum atomic E-state index is -0.614. The molecule has 8 heteroatoms. The van der Waals surface area contributed by atoms with Crippen molar-refractivity contribution in [1.82, 2.24) is 20.5 Å². The number of benzene rings is 1. The molecule has 1 unspecified atom stereocenters. The molecule has 1 amide bonds. The number of ether oxygens (including phenoxy) is 1. The Morgan fingerprint density at radius 1 is 1.57 bits per heavy atom. The van der Waals surface area contributed by atoms with Crippen molar-refractivity contribution in [3.63, 3.8) is 0 Å². The van der Waals surface area contributed by atoms with Crippen molar-refractivity contribution in [2.75, 3.05) is 6.54 Å². The Bertz CT molecular complexity index is 606. The highest BCUT2D eigenvalue weighted by Crippen LogP contribution is 2.28. The van der Waals surface area contributed by atoms with E-state index in [0.29, 0.717) is 28.2 Å². The first-order valence-electron chi connectivity index (χ1n) is 6.30. The van der Waals surface area contributed by atoms with Crippen LogP contribution in [-0.2, 0) is 11.2 Å². The van der Waals surface area contributed by atoms with E-state index in [1.807, 2.05) is 0 Å². The summed E-state index contributed by atoms with van der Waals surface area (Å²) in [4.78, 5) is 15.9. The molecule has 0 saturated carbocycles. The second kappa shape index (κ2) is 7.42. The van der Waals surface area contributed by atoms with E-state index >= 15 is 0 Å². The molecule has 21 heavy (non-hydrogen) atoms. The molecule has 0 bridgehead atoms. The van der Waals surface area contributed by atoms with Crippen LogP contribution in [-0.4, -0.2) is 33.7 Å². The summed E-state index contributed by atoms with van der Waals surface area (Å²) in [6, 6.07) is 5.13. The van der Waals surface area contributed by atoms with Crippen LogP contribution in [0, 0.1) is 0 Å². The van der Waals surface area contributed by atoms with Crippen LogP contribution in [0.15, 0.2) is 29.0 Å². The second-order valence-electron chi connectivity index (χ2n) is 4.31. The van der Waals surface area contributed by atoms with Gasteiger partial charge in [-0.3, -0.25) is 9.89 Å². The van der Waals surface area contributed by atoms with E-state index in [2.05, 4.69) is 36.4 Å². The second-order valence-corrected chi connectivity index (χ2v) is 5.60. The van der Waals surface area contributed by atoms with Gasteiger partial charge in [-0.2, -0.15) is 5.10 Å². The van der Waals surface area contributed by atoms with E-state index in [1.165, 1.54) is 6.33 Å². The molecule has 1 aromatic carbocycles. The molecule has 2 N–H and O–H groups in total. The Morgan fingerprint density at radius 2 is 2.38 bits per heavy atom. The third-order valence-electron chi connectivity index (χ3n) is 2.69. The Hall–Kier alpha value is -1.60. The van der Waals surface area contributed by atoms with Gasteiger partial charge in [0, 0.05) is 18.0 Å². The molecule has 0 spiro atoms. The van der Waals surface area contributed by atoms with Gasteiger partial charge < -0.3 is 10.1 Å². The van der Waals surface area contributed by atoms with Gasteiger partial charge in [0.05, 0.1) is 4.47 Å². The van der Waals surface area contributed by atoms with Crippen molar-refractivity contribution < 1.29 is 9.53 Å². The number of aromatic nitrogens is 3. The molecule has 1 heterocycles. The van der Waals surface area contributed by atoms with Crippen LogP contribution in [0.4, 0.5) is 0 Å². The number of aromatic amines is 1. The summed E-state index contributed by atoms with van der Waals surface area (Å²) in [6.07, 6.45) is 1.40. The summed E-state index contributed by atoms with van der Waals surface area (Å²) in [5.74, 6) is 1.10. The van der Waals surface area contributed by atoms with Crippen LogP contribution in [0.2, 0.25) is 5.02 Å². The first kappa shape index (κ1) is 15.8. The first-order valence-corrected chi connectivity index (χ1v) is 7.47. The molecule has 2 rings (SSSR count). The third kappa shape index (κ3) is 4.71. The van der Waals surface area contributed by atoms with Gasteiger partial charge in [-0.25, -0.2) is 4.98 Å². The number of carbonyl (C=O) groups excluding carboxylic acids is 1. The maximum Gasteiger partial charge on any atom is 0.260 e. The highest BCUT2D eigenvalue weighted by Gasteiger charge is 2.15. The summed E-state index contributed by atoms with van der Waals surface area (Å²) in [7, 11) is 0. The minimum absolute atomic E-state index is 0.198. The lowest BCUT2D eigenvalue weighted by atomic mass is 10.3. The molecule has 2 aromatic rings. The maximum atomic E-state index is 11.9. The molecule has 112 valence electrons. The average Bonchev–Trinajstić information content (AvgIpc) is 2.95. The summed E-state index contributed by atoms with van der Waals surface area (Å²) in [5, 5.41) is 9.84.